The number of carbonyl (C=O) groups excluding carboxylic acids is 1. The zero-order valence-corrected chi connectivity index (χ0v) is 21.3. The van der Waals surface area contributed by atoms with Crippen LogP contribution in [0.15, 0.2) is 27.8 Å². The number of nitrogens with one attached hydrogen (secondary N) is 2. The van der Waals surface area contributed by atoms with Crippen molar-refractivity contribution >= 4 is 35.8 Å². The minimum absolute atomic E-state index is 0. The number of piperidine rings is 1. The van der Waals surface area contributed by atoms with E-state index in [1.807, 2.05) is 12.1 Å². The number of likely N-dealkylation sites (tertiary alicyclic amines) is 1. The number of unbranched alkanes of at least 4 members (excludes halogenated alkanes) is 1. The van der Waals surface area contributed by atoms with Crippen LogP contribution in [0.3, 0.4) is 0 Å². The lowest BCUT2D eigenvalue weighted by molar-refractivity contribution is -0.121. The Morgan fingerprint density at radius 1 is 1.33 bits per heavy atom. The van der Waals surface area contributed by atoms with Gasteiger partial charge in [0.2, 0.25) is 5.91 Å². The molecule has 2 heterocycles. The molecular formula is C23H41IN4O2. The van der Waals surface area contributed by atoms with Gasteiger partial charge in [-0.15, -0.1) is 24.0 Å². The maximum Gasteiger partial charge on any atom is 0.220 e. The molecular weight excluding hydrogens is 491 g/mol. The van der Waals surface area contributed by atoms with Gasteiger partial charge in [0.05, 0.1) is 6.26 Å². The van der Waals surface area contributed by atoms with Crippen molar-refractivity contribution in [3.05, 3.63) is 24.2 Å². The second kappa shape index (κ2) is 15.5. The number of amides is 1. The van der Waals surface area contributed by atoms with E-state index in [9.17, 15) is 4.79 Å². The predicted octanol–water partition coefficient (Wildman–Crippen LogP) is 4.45. The van der Waals surface area contributed by atoms with Crippen molar-refractivity contribution in [2.24, 2.45) is 16.8 Å². The molecule has 0 spiro atoms. The van der Waals surface area contributed by atoms with E-state index in [1.165, 1.54) is 25.7 Å². The van der Waals surface area contributed by atoms with Gasteiger partial charge >= 0.3 is 0 Å². The third kappa shape index (κ3) is 9.71. The molecule has 2 rings (SSSR count). The molecule has 0 saturated carbocycles. The number of carbonyl (C=O) groups is 1. The van der Waals surface area contributed by atoms with Gasteiger partial charge < -0.3 is 20.0 Å². The summed E-state index contributed by atoms with van der Waals surface area (Å²) in [5, 5.41) is 6.31. The van der Waals surface area contributed by atoms with Crippen LogP contribution >= 0.6 is 24.0 Å². The zero-order valence-electron chi connectivity index (χ0n) is 19.0. The summed E-state index contributed by atoms with van der Waals surface area (Å²) in [6, 6.07) is 3.95. The van der Waals surface area contributed by atoms with E-state index in [4.69, 9.17) is 9.41 Å². The monoisotopic (exact) mass is 532 g/mol. The molecule has 1 amide bonds. The molecule has 1 atom stereocenters. The van der Waals surface area contributed by atoms with E-state index < -0.39 is 0 Å². The van der Waals surface area contributed by atoms with Crippen molar-refractivity contribution in [1.82, 2.24) is 15.5 Å². The maximum absolute atomic E-state index is 11.7. The lowest BCUT2D eigenvalue weighted by Gasteiger charge is -2.34. The number of rotatable bonds is 11. The molecule has 1 unspecified atom stereocenters. The first kappa shape index (κ1) is 26.8. The Morgan fingerprint density at radius 2 is 2.10 bits per heavy atom. The van der Waals surface area contributed by atoms with Gasteiger partial charge in [0, 0.05) is 46.1 Å². The first-order chi connectivity index (χ1) is 14.2. The Balaban J connectivity index is 0.00000450. The Bertz CT molecular complexity index is 598. The highest BCUT2D eigenvalue weighted by Crippen LogP contribution is 2.21. The first-order valence-electron chi connectivity index (χ1n) is 11.4. The summed E-state index contributed by atoms with van der Waals surface area (Å²) >= 11 is 0. The molecule has 2 N–H and O–H groups in total. The molecule has 1 aromatic rings. The predicted molar refractivity (Wildman–Crippen MR) is 134 cm³/mol. The molecule has 0 aliphatic carbocycles. The molecule has 1 aliphatic heterocycles. The largest absolute Gasteiger partial charge is 0.469 e. The lowest BCUT2D eigenvalue weighted by atomic mass is 9.93. The summed E-state index contributed by atoms with van der Waals surface area (Å²) in [6.07, 6.45) is 10.2. The fraction of sp³-hybridized carbons (Fsp3) is 0.739. The van der Waals surface area contributed by atoms with Crippen LogP contribution in [0.4, 0.5) is 0 Å². The van der Waals surface area contributed by atoms with E-state index in [0.717, 1.165) is 57.2 Å². The van der Waals surface area contributed by atoms with E-state index in [1.54, 1.807) is 13.3 Å². The fourth-order valence-electron chi connectivity index (χ4n) is 3.87. The van der Waals surface area contributed by atoms with Gasteiger partial charge in [-0.1, -0.05) is 33.1 Å². The molecule has 1 aromatic heterocycles. The van der Waals surface area contributed by atoms with Crippen molar-refractivity contribution in [2.75, 3.05) is 33.2 Å². The molecule has 0 bridgehead atoms. The van der Waals surface area contributed by atoms with E-state index in [0.29, 0.717) is 18.3 Å². The summed E-state index contributed by atoms with van der Waals surface area (Å²) in [6.45, 7) is 8.14. The molecule has 1 aliphatic rings. The van der Waals surface area contributed by atoms with Gasteiger partial charge in [-0.2, -0.15) is 0 Å². The van der Waals surface area contributed by atoms with Crippen molar-refractivity contribution < 1.29 is 9.21 Å². The molecule has 30 heavy (non-hydrogen) atoms. The average molecular weight is 533 g/mol. The van der Waals surface area contributed by atoms with Gasteiger partial charge in [-0.25, -0.2) is 0 Å². The number of guanidine groups is 1. The summed E-state index contributed by atoms with van der Waals surface area (Å²) in [5.41, 5.74) is 0. The molecule has 6 nitrogen and oxygen atoms in total. The van der Waals surface area contributed by atoms with Crippen LogP contribution in [0, 0.1) is 11.8 Å². The minimum Gasteiger partial charge on any atom is -0.469 e. The van der Waals surface area contributed by atoms with Crippen molar-refractivity contribution in [1.29, 1.82) is 0 Å². The van der Waals surface area contributed by atoms with Crippen LogP contribution in [-0.2, 0) is 11.2 Å². The summed E-state index contributed by atoms with van der Waals surface area (Å²) in [5.74, 6) is 3.29. The summed E-state index contributed by atoms with van der Waals surface area (Å²) in [4.78, 5) is 19.1. The standard InChI is InChI=1S/C23H40N4O2.HI/c1-4-6-8-19(5-2)18-26-23(25-13-10-21-9-7-16-29-21)27-14-11-20(12-15-27)17-22(28)24-3;/h7,9,16,19-20H,4-6,8,10-15,17-18H2,1-3H3,(H,24,28)(H,25,26);1H. The number of hydrogen-bond donors (Lipinski definition) is 2. The summed E-state index contributed by atoms with van der Waals surface area (Å²) in [7, 11) is 1.72. The minimum atomic E-state index is 0. The van der Waals surface area contributed by atoms with Crippen molar-refractivity contribution in [2.45, 2.75) is 65.2 Å². The number of furan rings is 1. The highest BCUT2D eigenvalue weighted by Gasteiger charge is 2.23. The lowest BCUT2D eigenvalue weighted by Crippen LogP contribution is -2.46. The van der Waals surface area contributed by atoms with Gasteiger partial charge in [0.1, 0.15) is 5.76 Å². The third-order valence-corrected chi connectivity index (χ3v) is 5.94. The molecule has 172 valence electrons. The third-order valence-electron chi connectivity index (χ3n) is 5.94. The van der Waals surface area contributed by atoms with E-state index in [2.05, 4.69) is 29.4 Å². The van der Waals surface area contributed by atoms with Crippen LogP contribution in [0.25, 0.3) is 0 Å². The highest BCUT2D eigenvalue weighted by molar-refractivity contribution is 14.0. The van der Waals surface area contributed by atoms with Gasteiger partial charge in [-0.05, 0) is 43.2 Å². The molecule has 1 fully saturated rings. The Hall–Kier alpha value is -1.25. The fourth-order valence-corrected chi connectivity index (χ4v) is 3.87. The number of aliphatic imine (C=N–C) groups is 1. The number of nitrogens with zero attached hydrogens (tertiary/aromatic N) is 2. The second-order valence-electron chi connectivity index (χ2n) is 8.14. The van der Waals surface area contributed by atoms with E-state index in [-0.39, 0.29) is 29.9 Å². The van der Waals surface area contributed by atoms with Crippen LogP contribution in [-0.4, -0.2) is 50.0 Å². The Morgan fingerprint density at radius 3 is 2.70 bits per heavy atom. The van der Waals surface area contributed by atoms with Gasteiger partial charge in [0.15, 0.2) is 5.96 Å². The quantitative estimate of drug-likeness (QED) is 0.251. The van der Waals surface area contributed by atoms with Gasteiger partial charge in [0.25, 0.3) is 0 Å². The molecule has 0 aromatic carbocycles. The molecule has 0 radical (unpaired) electrons. The van der Waals surface area contributed by atoms with Gasteiger partial charge in [-0.3, -0.25) is 9.79 Å². The van der Waals surface area contributed by atoms with Crippen LogP contribution in [0.2, 0.25) is 0 Å². The van der Waals surface area contributed by atoms with Crippen LogP contribution in [0.1, 0.15) is 64.6 Å². The van der Waals surface area contributed by atoms with Crippen LogP contribution in [0.5, 0.6) is 0 Å². The maximum atomic E-state index is 11.7. The zero-order chi connectivity index (χ0) is 20.9. The topological polar surface area (TPSA) is 69.9 Å². The number of hydrogen-bond acceptors (Lipinski definition) is 3. The van der Waals surface area contributed by atoms with Crippen molar-refractivity contribution in [3.8, 4) is 0 Å². The van der Waals surface area contributed by atoms with E-state index >= 15 is 0 Å². The van der Waals surface area contributed by atoms with Crippen LogP contribution < -0.4 is 10.6 Å². The molecule has 7 heteroatoms. The highest BCUT2D eigenvalue weighted by atomic mass is 127. The summed E-state index contributed by atoms with van der Waals surface area (Å²) < 4.78 is 5.45. The number of halogens is 1. The Labute approximate surface area is 199 Å². The Kier molecular flexibility index (Phi) is 13.9. The van der Waals surface area contributed by atoms with Crippen molar-refractivity contribution in [3.63, 3.8) is 0 Å². The molecule has 1 saturated heterocycles. The second-order valence-corrected chi connectivity index (χ2v) is 8.14. The average Bonchev–Trinajstić information content (AvgIpc) is 3.26. The normalized spacial score (nSPS) is 16.1. The smallest absolute Gasteiger partial charge is 0.220 e. The SMILES string of the molecule is CCCCC(CC)CN=C(NCCc1ccco1)N1CCC(CC(=O)NC)CC1.I. The first-order valence-corrected chi connectivity index (χ1v) is 11.4.